The minimum atomic E-state index is -0.644. The van der Waals surface area contributed by atoms with E-state index in [-0.39, 0.29) is 5.38 Å². The highest BCUT2D eigenvalue weighted by Crippen LogP contribution is 2.31. The van der Waals surface area contributed by atoms with Crippen molar-refractivity contribution < 1.29 is 0 Å². The standard InChI is InChI=1S/C13H15ClN2O2/c1-3-7(2)11(14)8-4-5-9-10(6-8)16-13(18)12(17)15-9/h4-7,11H,3H2,1-2H3,(H,15,17)(H,16,18). The third-order valence-corrected chi connectivity index (χ3v) is 3.89. The van der Waals surface area contributed by atoms with Crippen LogP contribution in [0.25, 0.3) is 11.0 Å². The van der Waals surface area contributed by atoms with Crippen LogP contribution in [-0.2, 0) is 0 Å². The summed E-state index contributed by atoms with van der Waals surface area (Å²) in [6.07, 6.45) is 0.981. The predicted octanol–water partition coefficient (Wildman–Crippen LogP) is 2.54. The molecule has 1 aromatic heterocycles. The van der Waals surface area contributed by atoms with Crippen LogP contribution in [-0.4, -0.2) is 9.97 Å². The Bertz CT molecular complexity index is 674. The van der Waals surface area contributed by atoms with Gasteiger partial charge in [-0.2, -0.15) is 0 Å². The number of halogens is 1. The van der Waals surface area contributed by atoms with Crippen LogP contribution < -0.4 is 11.1 Å². The van der Waals surface area contributed by atoms with Crippen molar-refractivity contribution in [3.63, 3.8) is 0 Å². The molecule has 0 aliphatic carbocycles. The van der Waals surface area contributed by atoms with Gasteiger partial charge in [0.15, 0.2) is 0 Å². The lowest BCUT2D eigenvalue weighted by atomic mass is 9.98. The summed E-state index contributed by atoms with van der Waals surface area (Å²) in [6.45, 7) is 4.16. The number of aromatic nitrogens is 2. The number of alkyl halides is 1. The molecule has 0 saturated heterocycles. The molecule has 2 unspecified atom stereocenters. The monoisotopic (exact) mass is 266 g/mol. The van der Waals surface area contributed by atoms with E-state index in [1.54, 1.807) is 6.07 Å². The van der Waals surface area contributed by atoms with E-state index in [1.807, 2.05) is 12.1 Å². The number of hydrogen-bond acceptors (Lipinski definition) is 2. The van der Waals surface area contributed by atoms with Crippen LogP contribution in [0, 0.1) is 5.92 Å². The van der Waals surface area contributed by atoms with E-state index in [2.05, 4.69) is 23.8 Å². The fourth-order valence-corrected chi connectivity index (χ4v) is 2.15. The van der Waals surface area contributed by atoms with E-state index in [0.717, 1.165) is 12.0 Å². The first-order valence-corrected chi connectivity index (χ1v) is 6.37. The van der Waals surface area contributed by atoms with E-state index in [9.17, 15) is 9.59 Å². The minimum Gasteiger partial charge on any atom is -0.316 e. The minimum absolute atomic E-state index is 0.102. The van der Waals surface area contributed by atoms with Crippen LogP contribution in [0.4, 0.5) is 0 Å². The molecule has 2 N–H and O–H groups in total. The highest BCUT2D eigenvalue weighted by molar-refractivity contribution is 6.21. The van der Waals surface area contributed by atoms with Gasteiger partial charge in [-0.05, 0) is 23.6 Å². The second-order valence-corrected chi connectivity index (χ2v) is 4.97. The molecule has 0 aliphatic heterocycles. The van der Waals surface area contributed by atoms with Crippen LogP contribution in [0.15, 0.2) is 27.8 Å². The van der Waals surface area contributed by atoms with Crippen molar-refractivity contribution in [2.75, 3.05) is 0 Å². The van der Waals surface area contributed by atoms with Gasteiger partial charge in [0.25, 0.3) is 0 Å². The number of nitrogens with one attached hydrogen (secondary N) is 2. The maximum Gasteiger partial charge on any atom is 0.314 e. The first kappa shape index (κ1) is 12.9. The zero-order valence-corrected chi connectivity index (χ0v) is 11.0. The Morgan fingerprint density at radius 1 is 1.17 bits per heavy atom. The molecule has 0 bridgehead atoms. The number of rotatable bonds is 3. The predicted molar refractivity (Wildman–Crippen MR) is 73.2 cm³/mol. The van der Waals surface area contributed by atoms with Crippen molar-refractivity contribution in [3.8, 4) is 0 Å². The molecule has 2 aromatic rings. The van der Waals surface area contributed by atoms with Crippen molar-refractivity contribution in [3.05, 3.63) is 44.5 Å². The lowest BCUT2D eigenvalue weighted by Crippen LogP contribution is -2.28. The summed E-state index contributed by atoms with van der Waals surface area (Å²) in [6, 6.07) is 5.46. The molecule has 0 saturated carbocycles. The average molecular weight is 267 g/mol. The highest BCUT2D eigenvalue weighted by atomic mass is 35.5. The molecule has 5 heteroatoms. The van der Waals surface area contributed by atoms with E-state index in [1.165, 1.54) is 0 Å². The van der Waals surface area contributed by atoms with Gasteiger partial charge in [0.2, 0.25) is 0 Å². The molecule has 1 aromatic carbocycles. The van der Waals surface area contributed by atoms with Gasteiger partial charge in [0.1, 0.15) is 0 Å². The van der Waals surface area contributed by atoms with Gasteiger partial charge >= 0.3 is 11.1 Å². The summed E-state index contributed by atoms with van der Waals surface area (Å²) in [5.74, 6) is 0.346. The maximum atomic E-state index is 11.3. The lowest BCUT2D eigenvalue weighted by Gasteiger charge is -2.16. The van der Waals surface area contributed by atoms with Crippen molar-refractivity contribution in [1.82, 2.24) is 9.97 Å². The summed E-state index contributed by atoms with van der Waals surface area (Å²) >= 11 is 6.36. The van der Waals surface area contributed by atoms with Gasteiger partial charge in [-0.25, -0.2) is 0 Å². The Hall–Kier alpha value is -1.55. The van der Waals surface area contributed by atoms with Crippen LogP contribution in [0.1, 0.15) is 31.2 Å². The molecule has 2 rings (SSSR count). The maximum absolute atomic E-state index is 11.3. The molecule has 1 heterocycles. The largest absolute Gasteiger partial charge is 0.316 e. The van der Waals surface area contributed by atoms with Crippen LogP contribution >= 0.6 is 11.6 Å². The molecule has 0 fully saturated rings. The second kappa shape index (κ2) is 4.98. The van der Waals surface area contributed by atoms with Crippen LogP contribution in [0.3, 0.4) is 0 Å². The number of H-pyrrole nitrogens is 2. The molecule has 18 heavy (non-hydrogen) atoms. The van der Waals surface area contributed by atoms with E-state index in [0.29, 0.717) is 17.0 Å². The van der Waals surface area contributed by atoms with Gasteiger partial charge in [-0.1, -0.05) is 26.3 Å². The summed E-state index contributed by atoms with van der Waals surface area (Å²) in [5, 5.41) is -0.102. The Morgan fingerprint density at radius 2 is 1.78 bits per heavy atom. The van der Waals surface area contributed by atoms with Gasteiger partial charge in [-0.3, -0.25) is 9.59 Å². The summed E-state index contributed by atoms with van der Waals surface area (Å²) in [7, 11) is 0. The first-order valence-electron chi connectivity index (χ1n) is 5.93. The number of fused-ring (bicyclic) bond motifs is 1. The number of hydrogen-bond donors (Lipinski definition) is 2. The highest BCUT2D eigenvalue weighted by Gasteiger charge is 2.15. The summed E-state index contributed by atoms with van der Waals surface area (Å²) < 4.78 is 0. The van der Waals surface area contributed by atoms with Crippen LogP contribution in [0.2, 0.25) is 0 Å². The van der Waals surface area contributed by atoms with Gasteiger partial charge in [-0.15, -0.1) is 11.6 Å². The Balaban J connectivity index is 2.53. The van der Waals surface area contributed by atoms with E-state index >= 15 is 0 Å². The summed E-state index contributed by atoms with van der Waals surface area (Å²) in [5.41, 5.74) is 0.873. The Morgan fingerprint density at radius 3 is 2.39 bits per heavy atom. The van der Waals surface area contributed by atoms with Gasteiger partial charge in [0, 0.05) is 0 Å². The SMILES string of the molecule is CCC(C)C(Cl)c1ccc2[nH]c(=O)c(=O)[nH]c2c1. The molecular formula is C13H15ClN2O2. The Kier molecular flexibility index (Phi) is 3.57. The fraction of sp³-hybridized carbons (Fsp3) is 0.385. The third-order valence-electron chi connectivity index (χ3n) is 3.21. The smallest absolute Gasteiger partial charge is 0.314 e. The number of benzene rings is 1. The lowest BCUT2D eigenvalue weighted by molar-refractivity contribution is 0.543. The summed E-state index contributed by atoms with van der Waals surface area (Å²) in [4.78, 5) is 27.5. The number of aromatic amines is 2. The molecule has 96 valence electrons. The zero-order valence-electron chi connectivity index (χ0n) is 10.3. The van der Waals surface area contributed by atoms with Crippen molar-refractivity contribution in [1.29, 1.82) is 0 Å². The quantitative estimate of drug-likeness (QED) is 0.662. The van der Waals surface area contributed by atoms with Crippen LogP contribution in [0.5, 0.6) is 0 Å². The fourth-order valence-electron chi connectivity index (χ4n) is 1.84. The van der Waals surface area contributed by atoms with Crippen molar-refractivity contribution in [2.45, 2.75) is 25.6 Å². The normalized spacial score (nSPS) is 14.6. The van der Waals surface area contributed by atoms with Gasteiger partial charge in [0.05, 0.1) is 16.4 Å². The third kappa shape index (κ3) is 2.34. The van der Waals surface area contributed by atoms with E-state index in [4.69, 9.17) is 11.6 Å². The molecule has 4 nitrogen and oxygen atoms in total. The zero-order chi connectivity index (χ0) is 13.3. The van der Waals surface area contributed by atoms with Gasteiger partial charge < -0.3 is 9.97 Å². The molecule has 0 aliphatic rings. The molecule has 0 radical (unpaired) electrons. The molecule has 0 spiro atoms. The topological polar surface area (TPSA) is 65.7 Å². The Labute approximate surface area is 109 Å². The molecular weight excluding hydrogens is 252 g/mol. The van der Waals surface area contributed by atoms with Crippen molar-refractivity contribution >= 4 is 22.6 Å². The molecule has 2 atom stereocenters. The first-order chi connectivity index (χ1) is 8.52. The molecule has 0 amide bonds. The van der Waals surface area contributed by atoms with E-state index < -0.39 is 11.1 Å². The van der Waals surface area contributed by atoms with Crippen molar-refractivity contribution in [2.24, 2.45) is 5.92 Å². The second-order valence-electron chi connectivity index (χ2n) is 4.50. The average Bonchev–Trinajstić information content (AvgIpc) is 2.37.